The summed E-state index contributed by atoms with van der Waals surface area (Å²) in [5.41, 5.74) is -4.65. The van der Waals surface area contributed by atoms with Crippen molar-refractivity contribution in [3.8, 4) is 0 Å². The lowest BCUT2D eigenvalue weighted by Gasteiger charge is -2.25. The molecule has 0 spiro atoms. The third-order valence-electron chi connectivity index (χ3n) is 3.29. The molecule has 2 rings (SSSR count). The van der Waals surface area contributed by atoms with Crippen molar-refractivity contribution in [1.29, 1.82) is 0 Å². The van der Waals surface area contributed by atoms with Gasteiger partial charge in [0.05, 0.1) is 4.90 Å². The summed E-state index contributed by atoms with van der Waals surface area (Å²) < 4.78 is 88.5. The van der Waals surface area contributed by atoms with E-state index in [4.69, 9.17) is 0 Å². The Morgan fingerprint density at radius 1 is 1.08 bits per heavy atom. The van der Waals surface area contributed by atoms with Crippen LogP contribution in [0.5, 0.6) is 0 Å². The molecule has 0 unspecified atom stereocenters. The van der Waals surface area contributed by atoms with Gasteiger partial charge in [0.15, 0.2) is 0 Å². The molecule has 0 saturated carbocycles. The second kappa shape index (κ2) is 6.37. The molecule has 1 aliphatic heterocycles. The first-order valence-electron chi connectivity index (χ1n) is 6.70. The SMILES string of the molecule is Cc1ccc(S(=O)(=O)N2CC=C(OS(=O)(=O)C(F)(F)F)CC2)cc1. The highest BCUT2D eigenvalue weighted by Gasteiger charge is 2.49. The van der Waals surface area contributed by atoms with Gasteiger partial charge in [0.25, 0.3) is 0 Å². The van der Waals surface area contributed by atoms with Gasteiger partial charge in [-0.2, -0.15) is 25.9 Å². The molecule has 0 radical (unpaired) electrons. The van der Waals surface area contributed by atoms with E-state index in [-0.39, 0.29) is 24.4 Å². The first-order chi connectivity index (χ1) is 10.9. The molecule has 0 N–H and O–H groups in total. The van der Waals surface area contributed by atoms with Gasteiger partial charge < -0.3 is 4.18 Å². The van der Waals surface area contributed by atoms with Crippen molar-refractivity contribution < 1.29 is 34.2 Å². The fourth-order valence-corrected chi connectivity index (χ4v) is 3.88. The standard InChI is InChI=1S/C13H14F3NO5S2/c1-10-2-4-12(5-3-10)23(18,19)17-8-6-11(7-9-17)22-24(20,21)13(14,15)16/h2-6H,7-9H2,1H3. The largest absolute Gasteiger partial charge is 0.534 e. The molecule has 0 bridgehead atoms. The molecule has 11 heteroatoms. The topological polar surface area (TPSA) is 80.8 Å². The summed E-state index contributed by atoms with van der Waals surface area (Å²) in [6.07, 6.45) is 0.735. The van der Waals surface area contributed by atoms with Crippen molar-refractivity contribution in [2.24, 2.45) is 0 Å². The maximum atomic E-state index is 12.4. The van der Waals surface area contributed by atoms with Crippen LogP contribution < -0.4 is 0 Å². The third kappa shape index (κ3) is 3.90. The van der Waals surface area contributed by atoms with Gasteiger partial charge in [0, 0.05) is 19.5 Å². The minimum Gasteiger partial charge on any atom is -0.381 e. The second-order valence-electron chi connectivity index (χ2n) is 5.08. The smallest absolute Gasteiger partial charge is 0.381 e. The first kappa shape index (κ1) is 18.7. The van der Waals surface area contributed by atoms with Crippen LogP contribution in [-0.4, -0.2) is 39.7 Å². The summed E-state index contributed by atoms with van der Waals surface area (Å²) in [5, 5.41) is 0. The number of sulfonamides is 1. The quantitative estimate of drug-likeness (QED) is 0.586. The Kier molecular flexibility index (Phi) is 4.98. The molecule has 1 heterocycles. The number of benzene rings is 1. The van der Waals surface area contributed by atoms with Crippen molar-refractivity contribution in [3.05, 3.63) is 41.7 Å². The van der Waals surface area contributed by atoms with Crippen LogP contribution in [0.15, 0.2) is 41.0 Å². The zero-order chi connectivity index (χ0) is 18.2. The maximum absolute atomic E-state index is 12.4. The second-order valence-corrected chi connectivity index (χ2v) is 8.56. The van der Waals surface area contributed by atoms with E-state index >= 15 is 0 Å². The fourth-order valence-electron chi connectivity index (χ4n) is 1.97. The number of nitrogens with zero attached hydrogens (tertiary/aromatic N) is 1. The van der Waals surface area contributed by atoms with Crippen LogP contribution in [0.4, 0.5) is 13.2 Å². The number of hydrogen-bond donors (Lipinski definition) is 0. The molecule has 1 aliphatic rings. The van der Waals surface area contributed by atoms with E-state index < -0.39 is 31.4 Å². The van der Waals surface area contributed by atoms with Crippen LogP contribution in [0.3, 0.4) is 0 Å². The Bertz CT molecular complexity index is 843. The molecule has 0 aliphatic carbocycles. The molecule has 6 nitrogen and oxygen atoms in total. The molecule has 1 aromatic rings. The van der Waals surface area contributed by atoms with Gasteiger partial charge in [-0.05, 0) is 25.1 Å². The highest BCUT2D eigenvalue weighted by Crippen LogP contribution is 2.29. The zero-order valence-corrected chi connectivity index (χ0v) is 14.1. The van der Waals surface area contributed by atoms with Crippen LogP contribution in [0.25, 0.3) is 0 Å². The lowest BCUT2D eigenvalue weighted by atomic mass is 10.2. The maximum Gasteiger partial charge on any atom is 0.534 e. The molecule has 1 aromatic carbocycles. The minimum absolute atomic E-state index is 0.0498. The number of hydrogen-bond acceptors (Lipinski definition) is 5. The summed E-state index contributed by atoms with van der Waals surface area (Å²) in [6.45, 7) is 1.33. The van der Waals surface area contributed by atoms with E-state index in [1.807, 2.05) is 0 Å². The van der Waals surface area contributed by atoms with Crippen molar-refractivity contribution >= 4 is 20.1 Å². The predicted octanol–water partition coefficient (Wildman–Crippen LogP) is 2.14. The molecular weight excluding hydrogens is 371 g/mol. The number of aryl methyl sites for hydroxylation is 1. The third-order valence-corrected chi connectivity index (χ3v) is 6.17. The van der Waals surface area contributed by atoms with Gasteiger partial charge in [-0.3, -0.25) is 0 Å². The monoisotopic (exact) mass is 385 g/mol. The van der Waals surface area contributed by atoms with Gasteiger partial charge >= 0.3 is 15.6 Å². The zero-order valence-electron chi connectivity index (χ0n) is 12.4. The first-order valence-corrected chi connectivity index (χ1v) is 9.55. The van der Waals surface area contributed by atoms with Gasteiger partial charge in [-0.15, -0.1) is 0 Å². The average Bonchev–Trinajstić information content (AvgIpc) is 2.46. The van der Waals surface area contributed by atoms with Gasteiger partial charge in [-0.1, -0.05) is 17.7 Å². The summed E-state index contributed by atoms with van der Waals surface area (Å²) in [6, 6.07) is 6.09. The molecular formula is C13H14F3NO5S2. The molecule has 0 saturated heterocycles. The lowest BCUT2D eigenvalue weighted by Crippen LogP contribution is -2.36. The normalized spacial score (nSPS) is 17.4. The number of halogens is 3. The lowest BCUT2D eigenvalue weighted by molar-refractivity contribution is -0.0524. The molecule has 0 atom stereocenters. The Labute approximate surface area is 137 Å². The van der Waals surface area contributed by atoms with Gasteiger partial charge in [0.1, 0.15) is 5.76 Å². The highest BCUT2D eigenvalue weighted by molar-refractivity contribution is 7.89. The van der Waals surface area contributed by atoms with E-state index in [0.29, 0.717) is 0 Å². The van der Waals surface area contributed by atoms with E-state index in [2.05, 4.69) is 4.18 Å². The molecule has 0 aromatic heterocycles. The molecule has 24 heavy (non-hydrogen) atoms. The van der Waals surface area contributed by atoms with Gasteiger partial charge in [0.2, 0.25) is 10.0 Å². The Hall–Kier alpha value is -1.59. The van der Waals surface area contributed by atoms with Crippen LogP contribution in [0, 0.1) is 6.92 Å². The van der Waals surface area contributed by atoms with Crippen LogP contribution in [0.1, 0.15) is 12.0 Å². The minimum atomic E-state index is -5.74. The summed E-state index contributed by atoms with van der Waals surface area (Å²) in [7, 11) is -9.56. The summed E-state index contributed by atoms with van der Waals surface area (Å²) in [5.74, 6) is -0.428. The van der Waals surface area contributed by atoms with E-state index in [9.17, 15) is 30.0 Å². The average molecular weight is 385 g/mol. The number of alkyl halides is 3. The van der Waals surface area contributed by atoms with Gasteiger partial charge in [-0.25, -0.2) is 8.42 Å². The summed E-state index contributed by atoms with van der Waals surface area (Å²) in [4.78, 5) is 0.0498. The van der Waals surface area contributed by atoms with Crippen LogP contribution in [0.2, 0.25) is 0 Å². The molecule has 0 fully saturated rings. The van der Waals surface area contributed by atoms with E-state index in [1.165, 1.54) is 12.1 Å². The van der Waals surface area contributed by atoms with Crippen molar-refractivity contribution in [3.63, 3.8) is 0 Å². The van der Waals surface area contributed by atoms with E-state index in [1.54, 1.807) is 19.1 Å². The Morgan fingerprint density at radius 3 is 2.12 bits per heavy atom. The van der Waals surface area contributed by atoms with Crippen LogP contribution in [-0.2, 0) is 24.3 Å². The van der Waals surface area contributed by atoms with E-state index in [0.717, 1.165) is 15.9 Å². The highest BCUT2D eigenvalue weighted by atomic mass is 32.2. The molecule has 134 valence electrons. The van der Waals surface area contributed by atoms with Crippen LogP contribution >= 0.6 is 0 Å². The molecule has 0 amide bonds. The van der Waals surface area contributed by atoms with Crippen molar-refractivity contribution in [2.75, 3.05) is 13.1 Å². The number of rotatable bonds is 4. The predicted molar refractivity (Wildman–Crippen MR) is 78.7 cm³/mol. The Balaban J connectivity index is 2.14. The Morgan fingerprint density at radius 2 is 1.67 bits per heavy atom. The fraction of sp³-hybridized carbons (Fsp3) is 0.385. The van der Waals surface area contributed by atoms with Crippen molar-refractivity contribution in [1.82, 2.24) is 4.31 Å². The van der Waals surface area contributed by atoms with Crippen molar-refractivity contribution in [2.45, 2.75) is 23.7 Å². The summed E-state index contributed by atoms with van der Waals surface area (Å²) >= 11 is 0.